The van der Waals surface area contributed by atoms with Crippen LogP contribution in [0.3, 0.4) is 0 Å². The first-order chi connectivity index (χ1) is 10.5. The minimum Gasteiger partial charge on any atom is -0.333 e. The standard InChI is InChI=1S/C16H26N6/c1-6-12(3)9-22(10-15-17-11-18-21(15)5)16-19-13(4)8-14(7-2)20-16/h8,11-12H,6-7,9-10H2,1-5H3. The molecule has 2 rings (SSSR count). The Kier molecular flexibility index (Phi) is 5.46. The minimum absolute atomic E-state index is 0.572. The van der Waals surface area contributed by atoms with E-state index in [0.29, 0.717) is 12.5 Å². The van der Waals surface area contributed by atoms with Gasteiger partial charge in [0.25, 0.3) is 0 Å². The summed E-state index contributed by atoms with van der Waals surface area (Å²) in [6.07, 6.45) is 3.63. The summed E-state index contributed by atoms with van der Waals surface area (Å²) in [5.74, 6) is 2.29. The highest BCUT2D eigenvalue weighted by atomic mass is 15.3. The second-order valence-electron chi connectivity index (χ2n) is 5.85. The van der Waals surface area contributed by atoms with Crippen molar-refractivity contribution in [1.82, 2.24) is 24.7 Å². The molecule has 0 saturated heterocycles. The molecule has 0 amide bonds. The number of hydrogen-bond donors (Lipinski definition) is 0. The summed E-state index contributed by atoms with van der Waals surface area (Å²) in [5, 5.41) is 4.15. The van der Waals surface area contributed by atoms with E-state index in [9.17, 15) is 0 Å². The Morgan fingerprint density at radius 2 is 2.05 bits per heavy atom. The highest BCUT2D eigenvalue weighted by Gasteiger charge is 2.17. The van der Waals surface area contributed by atoms with Gasteiger partial charge in [0.1, 0.15) is 12.2 Å². The van der Waals surface area contributed by atoms with Crippen LogP contribution in [0.4, 0.5) is 5.95 Å². The second-order valence-corrected chi connectivity index (χ2v) is 5.85. The van der Waals surface area contributed by atoms with Gasteiger partial charge in [0.15, 0.2) is 0 Å². The zero-order chi connectivity index (χ0) is 16.1. The van der Waals surface area contributed by atoms with Gasteiger partial charge in [0.05, 0.1) is 6.54 Å². The highest BCUT2D eigenvalue weighted by molar-refractivity contribution is 5.33. The first-order valence-corrected chi connectivity index (χ1v) is 7.95. The Morgan fingerprint density at radius 3 is 2.64 bits per heavy atom. The molecule has 2 aromatic heterocycles. The van der Waals surface area contributed by atoms with Gasteiger partial charge in [-0.1, -0.05) is 27.2 Å². The zero-order valence-electron chi connectivity index (χ0n) is 14.2. The number of nitrogens with zero attached hydrogens (tertiary/aromatic N) is 6. The molecule has 2 heterocycles. The van der Waals surface area contributed by atoms with E-state index >= 15 is 0 Å². The summed E-state index contributed by atoms with van der Waals surface area (Å²) in [7, 11) is 1.92. The summed E-state index contributed by atoms with van der Waals surface area (Å²) in [6, 6.07) is 2.05. The third-order valence-corrected chi connectivity index (χ3v) is 3.91. The molecule has 6 heteroatoms. The lowest BCUT2D eigenvalue weighted by atomic mass is 10.1. The van der Waals surface area contributed by atoms with E-state index in [1.54, 1.807) is 11.0 Å². The lowest BCUT2D eigenvalue weighted by Crippen LogP contribution is -2.31. The molecule has 0 radical (unpaired) electrons. The van der Waals surface area contributed by atoms with Crippen LogP contribution in [-0.2, 0) is 20.0 Å². The van der Waals surface area contributed by atoms with E-state index in [1.165, 1.54) is 0 Å². The monoisotopic (exact) mass is 302 g/mol. The average Bonchev–Trinajstić information content (AvgIpc) is 2.90. The maximum Gasteiger partial charge on any atom is 0.226 e. The van der Waals surface area contributed by atoms with Crippen LogP contribution in [0, 0.1) is 12.8 Å². The maximum atomic E-state index is 4.71. The molecular weight excluding hydrogens is 276 g/mol. The van der Waals surface area contributed by atoms with Gasteiger partial charge in [0.2, 0.25) is 5.95 Å². The summed E-state index contributed by atoms with van der Waals surface area (Å²) < 4.78 is 1.81. The third kappa shape index (κ3) is 4.02. The van der Waals surface area contributed by atoms with Crippen molar-refractivity contribution in [2.24, 2.45) is 13.0 Å². The molecule has 22 heavy (non-hydrogen) atoms. The molecule has 0 aliphatic heterocycles. The van der Waals surface area contributed by atoms with Crippen molar-refractivity contribution in [3.05, 3.63) is 29.6 Å². The molecule has 0 fully saturated rings. The van der Waals surface area contributed by atoms with Crippen molar-refractivity contribution in [2.75, 3.05) is 11.4 Å². The smallest absolute Gasteiger partial charge is 0.226 e. The van der Waals surface area contributed by atoms with Gasteiger partial charge in [-0.15, -0.1) is 0 Å². The zero-order valence-corrected chi connectivity index (χ0v) is 14.2. The number of aromatic nitrogens is 5. The van der Waals surface area contributed by atoms with Gasteiger partial charge >= 0.3 is 0 Å². The van der Waals surface area contributed by atoms with Crippen LogP contribution in [-0.4, -0.2) is 31.3 Å². The molecule has 0 saturated carbocycles. The highest BCUT2D eigenvalue weighted by Crippen LogP contribution is 2.16. The summed E-state index contributed by atoms with van der Waals surface area (Å²) in [6.45, 7) is 10.2. The molecule has 0 bridgehead atoms. The molecule has 120 valence electrons. The van der Waals surface area contributed by atoms with Gasteiger partial charge in [-0.25, -0.2) is 15.0 Å². The molecular formula is C16H26N6. The lowest BCUT2D eigenvalue weighted by molar-refractivity contribution is 0.525. The Hall–Kier alpha value is -1.98. The Bertz CT molecular complexity index is 606. The Morgan fingerprint density at radius 1 is 1.27 bits per heavy atom. The van der Waals surface area contributed by atoms with Gasteiger partial charge in [-0.3, -0.25) is 4.68 Å². The third-order valence-electron chi connectivity index (χ3n) is 3.91. The molecule has 0 N–H and O–H groups in total. The maximum absolute atomic E-state index is 4.71. The van der Waals surface area contributed by atoms with Crippen molar-refractivity contribution in [3.8, 4) is 0 Å². The number of rotatable bonds is 7. The SMILES string of the molecule is CCc1cc(C)nc(N(Cc2ncnn2C)CC(C)CC)n1. The normalized spacial score (nSPS) is 12.4. The summed E-state index contributed by atoms with van der Waals surface area (Å²) in [5.41, 5.74) is 2.09. The first kappa shape index (κ1) is 16.4. The molecule has 0 aliphatic rings. The topological polar surface area (TPSA) is 59.7 Å². The van der Waals surface area contributed by atoms with E-state index in [4.69, 9.17) is 4.98 Å². The van der Waals surface area contributed by atoms with Crippen LogP contribution in [0.25, 0.3) is 0 Å². The number of hydrogen-bond acceptors (Lipinski definition) is 5. The summed E-state index contributed by atoms with van der Waals surface area (Å²) in [4.78, 5) is 15.9. The van der Waals surface area contributed by atoms with Gasteiger partial charge in [0, 0.05) is 25.0 Å². The van der Waals surface area contributed by atoms with Crippen LogP contribution < -0.4 is 4.90 Å². The van der Waals surface area contributed by atoms with Crippen LogP contribution in [0.1, 0.15) is 44.4 Å². The molecule has 2 aromatic rings. The predicted molar refractivity (Wildman–Crippen MR) is 87.7 cm³/mol. The van der Waals surface area contributed by atoms with Crippen molar-refractivity contribution in [1.29, 1.82) is 0 Å². The molecule has 0 aromatic carbocycles. The molecule has 1 unspecified atom stereocenters. The predicted octanol–water partition coefficient (Wildman–Crippen LogP) is 2.53. The van der Waals surface area contributed by atoms with Crippen molar-refractivity contribution < 1.29 is 0 Å². The van der Waals surface area contributed by atoms with E-state index in [-0.39, 0.29) is 0 Å². The average molecular weight is 302 g/mol. The van der Waals surface area contributed by atoms with E-state index in [2.05, 4.69) is 40.7 Å². The molecule has 0 spiro atoms. The molecule has 6 nitrogen and oxygen atoms in total. The number of aryl methyl sites for hydroxylation is 3. The fourth-order valence-corrected chi connectivity index (χ4v) is 2.30. The Balaban J connectivity index is 2.31. The summed E-state index contributed by atoms with van der Waals surface area (Å²) >= 11 is 0. The minimum atomic E-state index is 0.572. The van der Waals surface area contributed by atoms with E-state index in [1.807, 2.05) is 20.0 Å². The fraction of sp³-hybridized carbons (Fsp3) is 0.625. The largest absolute Gasteiger partial charge is 0.333 e. The van der Waals surface area contributed by atoms with Gasteiger partial charge in [-0.2, -0.15) is 5.10 Å². The van der Waals surface area contributed by atoms with Gasteiger partial charge < -0.3 is 4.90 Å². The first-order valence-electron chi connectivity index (χ1n) is 7.95. The molecule has 0 aliphatic carbocycles. The van der Waals surface area contributed by atoms with Crippen molar-refractivity contribution in [2.45, 2.75) is 47.1 Å². The lowest BCUT2D eigenvalue weighted by Gasteiger charge is -2.25. The second kappa shape index (κ2) is 7.33. The van der Waals surface area contributed by atoms with Crippen LogP contribution in [0.2, 0.25) is 0 Å². The van der Waals surface area contributed by atoms with Crippen LogP contribution in [0.5, 0.6) is 0 Å². The molecule has 1 atom stereocenters. The van der Waals surface area contributed by atoms with Crippen molar-refractivity contribution >= 4 is 5.95 Å². The quantitative estimate of drug-likeness (QED) is 0.786. The van der Waals surface area contributed by atoms with Crippen LogP contribution in [0.15, 0.2) is 12.4 Å². The van der Waals surface area contributed by atoms with E-state index in [0.717, 1.165) is 42.5 Å². The number of anilines is 1. The van der Waals surface area contributed by atoms with Gasteiger partial charge in [-0.05, 0) is 25.3 Å². The van der Waals surface area contributed by atoms with Crippen LogP contribution >= 0.6 is 0 Å². The van der Waals surface area contributed by atoms with Crippen molar-refractivity contribution in [3.63, 3.8) is 0 Å². The fourth-order valence-electron chi connectivity index (χ4n) is 2.30. The Labute approximate surface area is 132 Å². The van der Waals surface area contributed by atoms with E-state index < -0.39 is 0 Å².